The number of rotatable bonds is 5. The van der Waals surface area contributed by atoms with Gasteiger partial charge in [0.2, 0.25) is 5.91 Å². The Hall–Kier alpha value is -3.31. The molecule has 0 fully saturated rings. The molecule has 2 N–H and O–H groups in total. The van der Waals surface area contributed by atoms with E-state index in [1.165, 1.54) is 17.2 Å². The molecule has 0 aliphatic carbocycles. The zero-order valence-corrected chi connectivity index (χ0v) is 15.4. The normalized spacial score (nSPS) is 10.5. The van der Waals surface area contributed by atoms with Crippen molar-refractivity contribution >= 4 is 35.0 Å². The first-order valence-electron chi connectivity index (χ1n) is 8.52. The maximum absolute atomic E-state index is 11.9. The van der Waals surface area contributed by atoms with Crippen molar-refractivity contribution < 1.29 is 4.79 Å². The lowest BCUT2D eigenvalue weighted by atomic mass is 10.1. The van der Waals surface area contributed by atoms with Gasteiger partial charge in [0.25, 0.3) is 0 Å². The number of hydrogen-bond acceptors (Lipinski definition) is 3. The molecule has 1 heterocycles. The van der Waals surface area contributed by atoms with E-state index < -0.39 is 0 Å². The largest absolute Gasteiger partial charge is 0.332 e. The molecule has 0 saturated carbocycles. The molecule has 134 valence electrons. The molecule has 27 heavy (non-hydrogen) atoms. The molecule has 0 spiro atoms. The van der Waals surface area contributed by atoms with Gasteiger partial charge in [0, 0.05) is 24.2 Å². The van der Waals surface area contributed by atoms with Crippen LogP contribution in [0, 0.1) is 0 Å². The highest BCUT2D eigenvalue weighted by Crippen LogP contribution is 2.13. The fraction of sp³-hybridized carbons (Fsp3) is 0.0455. The zero-order valence-electron chi connectivity index (χ0n) is 14.6. The van der Waals surface area contributed by atoms with Gasteiger partial charge in [0.1, 0.15) is 0 Å². The van der Waals surface area contributed by atoms with Crippen LogP contribution >= 0.6 is 12.2 Å². The minimum Gasteiger partial charge on any atom is -0.332 e. The Morgan fingerprint density at radius 1 is 0.926 bits per heavy atom. The summed E-state index contributed by atoms with van der Waals surface area (Å²) in [6.07, 6.45) is 7.62. The van der Waals surface area contributed by atoms with E-state index >= 15 is 0 Å². The number of anilines is 1. The molecular formula is C22H19N3OS. The fourth-order valence-electron chi connectivity index (χ4n) is 2.49. The highest BCUT2D eigenvalue weighted by atomic mass is 32.1. The molecule has 1 amide bonds. The van der Waals surface area contributed by atoms with Crippen molar-refractivity contribution in [2.45, 2.75) is 6.42 Å². The summed E-state index contributed by atoms with van der Waals surface area (Å²) in [5.74, 6) is -0.273. The second-order valence-corrected chi connectivity index (χ2v) is 6.32. The van der Waals surface area contributed by atoms with Gasteiger partial charge in [-0.2, -0.15) is 0 Å². The van der Waals surface area contributed by atoms with Crippen molar-refractivity contribution in [2.24, 2.45) is 0 Å². The molecule has 0 aliphatic rings. The van der Waals surface area contributed by atoms with Gasteiger partial charge < -0.3 is 5.32 Å². The number of carbonyl (C=O) groups excluding carboxylic acids is 1. The first-order chi connectivity index (χ1) is 13.2. The third-order valence-electron chi connectivity index (χ3n) is 3.83. The molecule has 0 unspecified atom stereocenters. The highest BCUT2D eigenvalue weighted by molar-refractivity contribution is 7.80. The van der Waals surface area contributed by atoms with Crippen LogP contribution in [0.3, 0.4) is 0 Å². The number of nitrogens with one attached hydrogen (secondary N) is 2. The average molecular weight is 373 g/mol. The van der Waals surface area contributed by atoms with Gasteiger partial charge in [-0.25, -0.2) is 0 Å². The van der Waals surface area contributed by atoms with Crippen molar-refractivity contribution in [3.63, 3.8) is 0 Å². The molecule has 5 heteroatoms. The second-order valence-electron chi connectivity index (χ2n) is 5.92. The van der Waals surface area contributed by atoms with Gasteiger partial charge in [-0.3, -0.25) is 15.1 Å². The highest BCUT2D eigenvalue weighted by Gasteiger charge is 2.02. The Morgan fingerprint density at radius 3 is 2.30 bits per heavy atom. The van der Waals surface area contributed by atoms with E-state index in [9.17, 15) is 4.79 Å². The molecule has 0 saturated heterocycles. The molecule has 1 aromatic heterocycles. The Morgan fingerprint density at radius 2 is 1.59 bits per heavy atom. The first kappa shape index (κ1) is 18.5. The SMILES string of the molecule is O=C(/C=C/c1ccccc1)NC(=S)Nc1ccc(Cc2ccncc2)cc1. The smallest absolute Gasteiger partial charge is 0.250 e. The minimum absolute atomic E-state index is 0.264. The van der Waals surface area contributed by atoms with E-state index in [4.69, 9.17) is 12.2 Å². The summed E-state index contributed by atoms with van der Waals surface area (Å²) in [5.41, 5.74) is 4.17. The van der Waals surface area contributed by atoms with Crippen LogP contribution in [0.2, 0.25) is 0 Å². The lowest BCUT2D eigenvalue weighted by molar-refractivity contribution is -0.115. The number of amides is 1. The van der Waals surface area contributed by atoms with Gasteiger partial charge >= 0.3 is 0 Å². The Bertz CT molecular complexity index is 923. The van der Waals surface area contributed by atoms with Crippen LogP contribution in [0.15, 0.2) is 85.2 Å². The second kappa shape index (κ2) is 9.40. The van der Waals surface area contributed by atoms with E-state index in [-0.39, 0.29) is 11.0 Å². The number of aromatic nitrogens is 1. The van der Waals surface area contributed by atoms with E-state index in [0.29, 0.717) is 0 Å². The van der Waals surface area contributed by atoms with E-state index in [2.05, 4.69) is 15.6 Å². The maximum Gasteiger partial charge on any atom is 0.250 e. The van der Waals surface area contributed by atoms with Crippen LogP contribution in [-0.2, 0) is 11.2 Å². The van der Waals surface area contributed by atoms with E-state index in [1.807, 2.05) is 66.7 Å². The third kappa shape index (κ3) is 6.17. The molecule has 3 aromatic rings. The number of thiocarbonyl (C=S) groups is 1. The molecule has 3 rings (SSSR count). The van der Waals surface area contributed by atoms with Gasteiger partial charge in [0.05, 0.1) is 0 Å². The predicted molar refractivity (Wildman–Crippen MR) is 113 cm³/mol. The first-order valence-corrected chi connectivity index (χ1v) is 8.93. The van der Waals surface area contributed by atoms with Crippen LogP contribution in [0.4, 0.5) is 5.69 Å². The van der Waals surface area contributed by atoms with Crippen molar-refractivity contribution in [3.05, 3.63) is 102 Å². The van der Waals surface area contributed by atoms with Crippen LogP contribution < -0.4 is 10.6 Å². The van der Waals surface area contributed by atoms with Crippen LogP contribution in [0.25, 0.3) is 6.08 Å². The number of pyridine rings is 1. The summed E-state index contributed by atoms with van der Waals surface area (Å²) in [6, 6.07) is 21.6. The maximum atomic E-state index is 11.9. The summed E-state index contributed by atoms with van der Waals surface area (Å²) in [4.78, 5) is 16.0. The molecular weight excluding hydrogens is 354 g/mol. The molecule has 0 aliphatic heterocycles. The Labute approximate surface area is 164 Å². The number of carbonyl (C=O) groups is 1. The number of nitrogens with zero attached hydrogens (tertiary/aromatic N) is 1. The van der Waals surface area contributed by atoms with Gasteiger partial charge in [-0.1, -0.05) is 42.5 Å². The number of hydrogen-bond donors (Lipinski definition) is 2. The Balaban J connectivity index is 1.50. The third-order valence-corrected chi connectivity index (χ3v) is 4.04. The number of benzene rings is 2. The average Bonchev–Trinajstić information content (AvgIpc) is 2.69. The standard InChI is InChI=1S/C22H19N3OS/c26-21(11-8-17-4-2-1-3-5-17)25-22(27)24-20-9-6-18(7-10-20)16-19-12-14-23-15-13-19/h1-15H,16H2,(H2,24,25,26,27)/b11-8+. The summed E-state index contributed by atoms with van der Waals surface area (Å²) < 4.78 is 0. The summed E-state index contributed by atoms with van der Waals surface area (Å²) in [7, 11) is 0. The topological polar surface area (TPSA) is 54.0 Å². The molecule has 0 radical (unpaired) electrons. The van der Waals surface area contributed by atoms with Crippen LogP contribution in [-0.4, -0.2) is 16.0 Å². The molecule has 4 nitrogen and oxygen atoms in total. The van der Waals surface area contributed by atoms with Gasteiger partial charge in [-0.15, -0.1) is 0 Å². The molecule has 0 atom stereocenters. The van der Waals surface area contributed by atoms with Crippen LogP contribution in [0.5, 0.6) is 0 Å². The quantitative estimate of drug-likeness (QED) is 0.520. The molecule has 2 aromatic carbocycles. The van der Waals surface area contributed by atoms with Crippen molar-refractivity contribution in [2.75, 3.05) is 5.32 Å². The lowest BCUT2D eigenvalue weighted by Crippen LogP contribution is -2.32. The van der Waals surface area contributed by atoms with Crippen LogP contribution in [0.1, 0.15) is 16.7 Å². The van der Waals surface area contributed by atoms with Gasteiger partial charge in [-0.05, 0) is 65.7 Å². The predicted octanol–water partition coefficient (Wildman–Crippen LogP) is 4.20. The molecule has 0 bridgehead atoms. The fourth-order valence-corrected chi connectivity index (χ4v) is 2.71. The van der Waals surface area contributed by atoms with Crippen molar-refractivity contribution in [1.82, 2.24) is 10.3 Å². The zero-order chi connectivity index (χ0) is 18.9. The Kier molecular flexibility index (Phi) is 6.44. The summed E-state index contributed by atoms with van der Waals surface area (Å²) >= 11 is 5.20. The lowest BCUT2D eigenvalue weighted by Gasteiger charge is -2.09. The van der Waals surface area contributed by atoms with Crippen molar-refractivity contribution in [3.8, 4) is 0 Å². The monoisotopic (exact) mass is 373 g/mol. The van der Waals surface area contributed by atoms with Crippen molar-refractivity contribution in [1.29, 1.82) is 0 Å². The summed E-state index contributed by atoms with van der Waals surface area (Å²) in [6.45, 7) is 0. The minimum atomic E-state index is -0.273. The van der Waals surface area contributed by atoms with E-state index in [1.54, 1.807) is 18.5 Å². The van der Waals surface area contributed by atoms with E-state index in [0.717, 1.165) is 17.7 Å². The summed E-state index contributed by atoms with van der Waals surface area (Å²) in [5, 5.41) is 5.92. The van der Waals surface area contributed by atoms with Gasteiger partial charge in [0.15, 0.2) is 5.11 Å².